The molecule has 0 radical (unpaired) electrons. The van der Waals surface area contributed by atoms with Crippen LogP contribution in [0, 0.1) is 0 Å². The molecule has 1 aromatic rings. The molecule has 2 aliphatic rings. The molecule has 0 N–H and O–H groups in total. The van der Waals surface area contributed by atoms with Crippen molar-refractivity contribution in [3.63, 3.8) is 0 Å². The summed E-state index contributed by atoms with van der Waals surface area (Å²) in [6, 6.07) is 2.78. The summed E-state index contributed by atoms with van der Waals surface area (Å²) in [6.45, 7) is 2.58. The Hall–Kier alpha value is -1.42. The topological polar surface area (TPSA) is 89.3 Å². The van der Waals surface area contributed by atoms with Crippen molar-refractivity contribution in [2.24, 2.45) is 0 Å². The summed E-state index contributed by atoms with van der Waals surface area (Å²) in [7, 11) is 0.00919. The van der Waals surface area contributed by atoms with Gasteiger partial charge in [-0.2, -0.15) is 0 Å². The zero-order valence-electron chi connectivity index (χ0n) is 14.5. The molecule has 140 valence electrons. The van der Waals surface area contributed by atoms with Gasteiger partial charge in [0.2, 0.25) is 0 Å². The lowest BCUT2D eigenvalue weighted by Crippen LogP contribution is -2.61. The molecule has 3 rings (SSSR count). The molecule has 9 heteroatoms. The lowest BCUT2D eigenvalue weighted by atomic mass is 10.0. The number of ether oxygens (including phenoxy) is 2. The first-order chi connectivity index (χ1) is 11.9. The third-order valence-corrected chi connectivity index (χ3v) is 6.49. The molecule has 1 aromatic heterocycles. The maximum atomic E-state index is 12.8. The van der Waals surface area contributed by atoms with E-state index >= 15 is 0 Å². The molecular weight excluding hydrogens is 348 g/mol. The molecule has 25 heavy (non-hydrogen) atoms. The Morgan fingerprint density at radius 3 is 2.68 bits per heavy atom. The van der Waals surface area contributed by atoms with Gasteiger partial charge in [0.15, 0.2) is 15.6 Å². The molecule has 2 unspecified atom stereocenters. The lowest BCUT2D eigenvalue weighted by molar-refractivity contribution is 0.0224. The molecule has 1 amide bonds. The summed E-state index contributed by atoms with van der Waals surface area (Å²) in [6.07, 6.45) is 0. The van der Waals surface area contributed by atoms with Crippen LogP contribution in [-0.4, -0.2) is 88.2 Å². The van der Waals surface area contributed by atoms with Gasteiger partial charge in [-0.1, -0.05) is 0 Å². The van der Waals surface area contributed by atoms with E-state index in [1.807, 2.05) is 0 Å². The summed E-state index contributed by atoms with van der Waals surface area (Å²) in [4.78, 5) is 16.6. The number of sulfone groups is 1. The maximum Gasteiger partial charge on any atom is 0.289 e. The number of piperazine rings is 1. The zero-order chi connectivity index (χ0) is 18.0. The van der Waals surface area contributed by atoms with Crippen molar-refractivity contribution in [1.29, 1.82) is 0 Å². The van der Waals surface area contributed by atoms with Crippen LogP contribution in [0.4, 0.5) is 0 Å². The van der Waals surface area contributed by atoms with Gasteiger partial charge in [0, 0.05) is 39.9 Å². The van der Waals surface area contributed by atoms with Gasteiger partial charge in [0.1, 0.15) is 12.4 Å². The number of carbonyl (C=O) groups is 1. The molecule has 3 heterocycles. The van der Waals surface area contributed by atoms with Crippen molar-refractivity contribution in [2.45, 2.75) is 18.7 Å². The van der Waals surface area contributed by atoms with Crippen LogP contribution < -0.4 is 0 Å². The first-order valence-electron chi connectivity index (χ1n) is 8.27. The second-order valence-electron chi connectivity index (χ2n) is 6.44. The highest BCUT2D eigenvalue weighted by Crippen LogP contribution is 2.28. The van der Waals surface area contributed by atoms with Crippen LogP contribution in [0.1, 0.15) is 16.3 Å². The van der Waals surface area contributed by atoms with Crippen LogP contribution in [0.2, 0.25) is 0 Å². The molecule has 2 aliphatic heterocycles. The summed E-state index contributed by atoms with van der Waals surface area (Å²) >= 11 is 0. The van der Waals surface area contributed by atoms with E-state index in [1.165, 1.54) is 0 Å². The van der Waals surface area contributed by atoms with E-state index in [2.05, 4.69) is 4.90 Å². The molecule has 0 saturated carbocycles. The van der Waals surface area contributed by atoms with Crippen molar-refractivity contribution < 1.29 is 27.1 Å². The Labute approximate surface area is 147 Å². The van der Waals surface area contributed by atoms with Crippen molar-refractivity contribution in [3.8, 4) is 0 Å². The van der Waals surface area contributed by atoms with Crippen LogP contribution in [0.25, 0.3) is 0 Å². The number of carbonyl (C=O) groups excluding carboxylic acids is 1. The zero-order valence-corrected chi connectivity index (χ0v) is 15.3. The Bertz CT molecular complexity index is 716. The number of methoxy groups -OCH3 is 2. The molecule has 2 fully saturated rings. The molecule has 0 aliphatic carbocycles. The molecule has 2 saturated heterocycles. The van der Waals surface area contributed by atoms with E-state index in [0.717, 1.165) is 0 Å². The number of fused-ring (bicyclic) bond motifs is 1. The van der Waals surface area contributed by atoms with Gasteiger partial charge >= 0.3 is 0 Å². The largest absolute Gasteiger partial charge is 0.453 e. The normalized spacial score (nSPS) is 25.9. The second-order valence-corrected chi connectivity index (χ2v) is 8.59. The third kappa shape index (κ3) is 3.89. The quantitative estimate of drug-likeness (QED) is 0.694. The standard InChI is InChI=1S/C16H24N2O6S/c1-22-8-7-17-5-6-18(14-11-25(20,21)10-13(14)17)16(19)15-4-3-12(24-15)9-23-2/h3-4,13-14H,5-11H2,1-2H3. The minimum atomic E-state index is -3.17. The summed E-state index contributed by atoms with van der Waals surface area (Å²) in [5, 5.41) is 0. The van der Waals surface area contributed by atoms with Crippen molar-refractivity contribution in [3.05, 3.63) is 23.7 Å². The smallest absolute Gasteiger partial charge is 0.289 e. The molecule has 8 nitrogen and oxygen atoms in total. The van der Waals surface area contributed by atoms with Gasteiger partial charge in [0.25, 0.3) is 5.91 Å². The minimum absolute atomic E-state index is 0.00146. The molecule has 0 spiro atoms. The fourth-order valence-electron chi connectivity index (χ4n) is 3.62. The number of amides is 1. The van der Waals surface area contributed by atoms with Gasteiger partial charge in [-0.05, 0) is 12.1 Å². The average molecular weight is 372 g/mol. The van der Waals surface area contributed by atoms with Crippen LogP contribution in [0.3, 0.4) is 0 Å². The average Bonchev–Trinajstić information content (AvgIpc) is 3.15. The van der Waals surface area contributed by atoms with E-state index in [-0.39, 0.29) is 35.3 Å². The van der Waals surface area contributed by atoms with E-state index in [1.54, 1.807) is 31.3 Å². The molecule has 0 bridgehead atoms. The highest BCUT2D eigenvalue weighted by Gasteiger charge is 2.48. The van der Waals surface area contributed by atoms with Crippen molar-refractivity contribution in [2.75, 3.05) is 52.0 Å². The van der Waals surface area contributed by atoms with Crippen LogP contribution in [0.5, 0.6) is 0 Å². The first kappa shape index (κ1) is 18.4. The fraction of sp³-hybridized carbons (Fsp3) is 0.688. The van der Waals surface area contributed by atoms with Crippen LogP contribution in [-0.2, 0) is 25.9 Å². The predicted octanol–water partition coefficient (Wildman–Crippen LogP) is -0.00420. The number of rotatable bonds is 6. The number of hydrogen-bond acceptors (Lipinski definition) is 7. The van der Waals surface area contributed by atoms with Gasteiger partial charge < -0.3 is 18.8 Å². The Morgan fingerprint density at radius 1 is 1.20 bits per heavy atom. The summed E-state index contributed by atoms with van der Waals surface area (Å²) in [5.74, 6) is 0.609. The summed E-state index contributed by atoms with van der Waals surface area (Å²) < 4.78 is 40.0. The van der Waals surface area contributed by atoms with E-state index < -0.39 is 9.84 Å². The van der Waals surface area contributed by atoms with Gasteiger partial charge in [0.05, 0.1) is 24.2 Å². The van der Waals surface area contributed by atoms with E-state index in [0.29, 0.717) is 38.6 Å². The number of hydrogen-bond donors (Lipinski definition) is 0. The fourth-order valence-corrected chi connectivity index (χ4v) is 5.63. The lowest BCUT2D eigenvalue weighted by Gasteiger charge is -2.43. The number of nitrogens with zero attached hydrogens (tertiary/aromatic N) is 2. The molecule has 2 atom stereocenters. The highest BCUT2D eigenvalue weighted by atomic mass is 32.2. The predicted molar refractivity (Wildman–Crippen MR) is 90.1 cm³/mol. The van der Waals surface area contributed by atoms with E-state index in [9.17, 15) is 13.2 Å². The SMILES string of the molecule is COCCN1CCN(C(=O)c2ccc(COC)o2)C2CS(=O)(=O)CC21. The monoisotopic (exact) mass is 372 g/mol. The Morgan fingerprint density at radius 2 is 1.96 bits per heavy atom. The summed E-state index contributed by atoms with van der Waals surface area (Å²) in [5.41, 5.74) is 0. The molecule has 0 aromatic carbocycles. The highest BCUT2D eigenvalue weighted by molar-refractivity contribution is 7.91. The van der Waals surface area contributed by atoms with Gasteiger partial charge in [-0.3, -0.25) is 9.69 Å². The van der Waals surface area contributed by atoms with Gasteiger partial charge in [-0.15, -0.1) is 0 Å². The van der Waals surface area contributed by atoms with E-state index in [4.69, 9.17) is 13.9 Å². The van der Waals surface area contributed by atoms with Crippen molar-refractivity contribution >= 4 is 15.7 Å². The molecular formula is C16H24N2O6S. The number of furan rings is 1. The Balaban J connectivity index is 1.78. The third-order valence-electron chi connectivity index (χ3n) is 4.79. The second kappa shape index (κ2) is 7.45. The Kier molecular flexibility index (Phi) is 5.47. The maximum absolute atomic E-state index is 12.8. The first-order valence-corrected chi connectivity index (χ1v) is 10.1. The van der Waals surface area contributed by atoms with Crippen LogP contribution >= 0.6 is 0 Å². The van der Waals surface area contributed by atoms with Crippen molar-refractivity contribution in [1.82, 2.24) is 9.80 Å². The van der Waals surface area contributed by atoms with Gasteiger partial charge in [-0.25, -0.2) is 8.42 Å². The van der Waals surface area contributed by atoms with Crippen LogP contribution in [0.15, 0.2) is 16.5 Å². The minimum Gasteiger partial charge on any atom is -0.453 e.